The Bertz CT molecular complexity index is 554. The van der Waals surface area contributed by atoms with Crippen molar-refractivity contribution in [2.75, 3.05) is 6.61 Å². The van der Waals surface area contributed by atoms with Crippen molar-refractivity contribution in [1.82, 2.24) is 4.90 Å². The molecule has 1 amide bonds. The molecule has 0 radical (unpaired) electrons. The van der Waals surface area contributed by atoms with E-state index in [-0.39, 0.29) is 18.4 Å². The van der Waals surface area contributed by atoms with E-state index in [4.69, 9.17) is 11.6 Å². The van der Waals surface area contributed by atoms with Gasteiger partial charge >= 0.3 is 0 Å². The summed E-state index contributed by atoms with van der Waals surface area (Å²) in [5.74, 6) is 0.691. The lowest BCUT2D eigenvalue weighted by Crippen LogP contribution is -2.35. The Morgan fingerprint density at radius 1 is 1.40 bits per heavy atom. The van der Waals surface area contributed by atoms with Gasteiger partial charge in [0.15, 0.2) is 0 Å². The van der Waals surface area contributed by atoms with Crippen molar-refractivity contribution < 1.29 is 9.90 Å². The van der Waals surface area contributed by atoms with Gasteiger partial charge in [-0.15, -0.1) is 0 Å². The Morgan fingerprint density at radius 3 is 2.70 bits per heavy atom. The molecule has 1 aliphatic carbocycles. The minimum Gasteiger partial charge on any atom is -0.396 e. The summed E-state index contributed by atoms with van der Waals surface area (Å²) in [7, 11) is 0. The lowest BCUT2D eigenvalue weighted by atomic mass is 9.94. The van der Waals surface area contributed by atoms with Crippen LogP contribution < -0.4 is 0 Å². The normalized spacial score (nSPS) is 21.0. The van der Waals surface area contributed by atoms with Crippen molar-refractivity contribution in [3.8, 4) is 0 Å². The number of fused-ring (bicyclic) bond motifs is 1. The van der Waals surface area contributed by atoms with E-state index in [1.54, 1.807) is 0 Å². The third-order valence-electron chi connectivity index (χ3n) is 4.63. The summed E-state index contributed by atoms with van der Waals surface area (Å²) in [5.41, 5.74) is 2.65. The predicted octanol–water partition coefficient (Wildman–Crippen LogP) is 3.19. The molecule has 3 nitrogen and oxygen atoms in total. The first-order valence-electron chi connectivity index (χ1n) is 7.27. The molecular formula is C16H20ClNO2. The van der Waals surface area contributed by atoms with Gasteiger partial charge < -0.3 is 10.0 Å². The van der Waals surface area contributed by atoms with E-state index >= 15 is 0 Å². The number of nitrogens with zero attached hydrogens (tertiary/aromatic N) is 1. The van der Waals surface area contributed by atoms with Crippen LogP contribution in [-0.4, -0.2) is 28.6 Å². The molecular weight excluding hydrogens is 274 g/mol. The van der Waals surface area contributed by atoms with E-state index in [1.165, 1.54) is 12.8 Å². The first-order chi connectivity index (χ1) is 9.52. The Labute approximate surface area is 124 Å². The number of amides is 1. The molecule has 1 N–H and O–H groups in total. The molecule has 0 saturated heterocycles. The van der Waals surface area contributed by atoms with Crippen molar-refractivity contribution in [3.05, 3.63) is 33.8 Å². The van der Waals surface area contributed by atoms with Crippen LogP contribution in [0.5, 0.6) is 0 Å². The summed E-state index contributed by atoms with van der Waals surface area (Å²) in [6, 6.07) is 4.01. The molecule has 1 aromatic carbocycles. The van der Waals surface area contributed by atoms with E-state index in [2.05, 4.69) is 6.92 Å². The van der Waals surface area contributed by atoms with Crippen LogP contribution in [-0.2, 0) is 6.54 Å². The highest BCUT2D eigenvalue weighted by Gasteiger charge is 2.39. The average Bonchev–Trinajstić information content (AvgIpc) is 3.21. The SMILES string of the molecule is CC(CO)c1cc(Cl)cc2c1C(=O)N([C@@H](C)C1CC1)C2. The fraction of sp³-hybridized carbons (Fsp3) is 0.562. The molecule has 108 valence electrons. The summed E-state index contributed by atoms with van der Waals surface area (Å²) in [6.07, 6.45) is 2.45. The van der Waals surface area contributed by atoms with Crippen LogP contribution in [0.25, 0.3) is 0 Å². The molecule has 2 aliphatic rings. The summed E-state index contributed by atoms with van der Waals surface area (Å²) in [6.45, 7) is 4.74. The molecule has 1 aliphatic heterocycles. The smallest absolute Gasteiger partial charge is 0.255 e. The van der Waals surface area contributed by atoms with Gasteiger partial charge in [0.25, 0.3) is 5.91 Å². The van der Waals surface area contributed by atoms with Gasteiger partial charge in [0.05, 0.1) is 0 Å². The second-order valence-electron chi connectivity index (χ2n) is 6.12. The number of hydrogen-bond acceptors (Lipinski definition) is 2. The summed E-state index contributed by atoms with van der Waals surface area (Å²) < 4.78 is 0. The molecule has 1 aromatic rings. The van der Waals surface area contributed by atoms with Gasteiger partial charge in [0.2, 0.25) is 0 Å². The highest BCUT2D eigenvalue weighted by Crippen LogP contribution is 2.40. The summed E-state index contributed by atoms with van der Waals surface area (Å²) in [5, 5.41) is 10.0. The first-order valence-corrected chi connectivity index (χ1v) is 7.65. The number of hydrogen-bond donors (Lipinski definition) is 1. The number of rotatable bonds is 4. The minimum atomic E-state index is -0.0671. The molecule has 4 heteroatoms. The van der Waals surface area contributed by atoms with Crippen LogP contribution in [0, 0.1) is 5.92 Å². The van der Waals surface area contributed by atoms with E-state index in [0.29, 0.717) is 23.5 Å². The lowest BCUT2D eigenvalue weighted by molar-refractivity contribution is 0.0696. The number of halogens is 1. The van der Waals surface area contributed by atoms with Gasteiger partial charge in [-0.2, -0.15) is 0 Å². The number of carbonyl (C=O) groups is 1. The molecule has 0 bridgehead atoms. The number of carbonyl (C=O) groups excluding carboxylic acids is 1. The highest BCUT2D eigenvalue weighted by molar-refractivity contribution is 6.31. The minimum absolute atomic E-state index is 0.0260. The van der Waals surface area contributed by atoms with Gasteiger partial charge in [0.1, 0.15) is 0 Å². The van der Waals surface area contributed by atoms with Gasteiger partial charge in [-0.3, -0.25) is 4.79 Å². The Balaban J connectivity index is 1.99. The lowest BCUT2D eigenvalue weighted by Gasteiger charge is -2.24. The van der Waals surface area contributed by atoms with Gasteiger partial charge in [-0.05, 0) is 48.9 Å². The predicted molar refractivity (Wildman–Crippen MR) is 79.0 cm³/mol. The van der Waals surface area contributed by atoms with Gasteiger partial charge in [-0.25, -0.2) is 0 Å². The third-order valence-corrected chi connectivity index (χ3v) is 4.85. The maximum absolute atomic E-state index is 12.7. The fourth-order valence-electron chi connectivity index (χ4n) is 3.12. The average molecular weight is 294 g/mol. The number of aliphatic hydroxyl groups is 1. The van der Waals surface area contributed by atoms with Crippen molar-refractivity contribution in [2.45, 2.75) is 45.2 Å². The largest absolute Gasteiger partial charge is 0.396 e. The standard InChI is InChI=1S/C16H20ClNO2/c1-9(8-19)14-6-13(17)5-12-7-18(16(20)15(12)14)10(2)11-3-4-11/h5-6,9-11,19H,3-4,7-8H2,1-2H3/t9?,10-/m0/s1. The van der Waals surface area contributed by atoms with Crippen LogP contribution in [0.3, 0.4) is 0 Å². The highest BCUT2D eigenvalue weighted by atomic mass is 35.5. The molecule has 1 fully saturated rings. The van der Waals surface area contributed by atoms with E-state index in [1.807, 2.05) is 24.0 Å². The topological polar surface area (TPSA) is 40.5 Å². The van der Waals surface area contributed by atoms with E-state index in [0.717, 1.165) is 16.7 Å². The molecule has 0 aromatic heterocycles. The molecule has 20 heavy (non-hydrogen) atoms. The monoisotopic (exact) mass is 293 g/mol. The zero-order chi connectivity index (χ0) is 14.4. The third kappa shape index (κ3) is 2.23. The van der Waals surface area contributed by atoms with Crippen molar-refractivity contribution in [2.24, 2.45) is 5.92 Å². The fourth-order valence-corrected chi connectivity index (χ4v) is 3.37. The molecule has 0 spiro atoms. The summed E-state index contributed by atoms with van der Waals surface area (Å²) in [4.78, 5) is 14.7. The van der Waals surface area contributed by atoms with Gasteiger partial charge in [-0.1, -0.05) is 18.5 Å². The molecule has 2 atom stereocenters. The molecule has 1 unspecified atom stereocenters. The zero-order valence-corrected chi connectivity index (χ0v) is 12.7. The van der Waals surface area contributed by atoms with Crippen LogP contribution in [0.1, 0.15) is 54.1 Å². The Morgan fingerprint density at radius 2 is 2.10 bits per heavy atom. The summed E-state index contributed by atoms with van der Waals surface area (Å²) >= 11 is 6.17. The second kappa shape index (κ2) is 5.05. The molecule has 1 saturated carbocycles. The van der Waals surface area contributed by atoms with Crippen LogP contribution in [0.4, 0.5) is 0 Å². The quantitative estimate of drug-likeness (QED) is 0.926. The Kier molecular flexibility index (Phi) is 3.51. The second-order valence-corrected chi connectivity index (χ2v) is 6.56. The van der Waals surface area contributed by atoms with Crippen LogP contribution in [0.15, 0.2) is 12.1 Å². The molecule has 3 rings (SSSR count). The van der Waals surface area contributed by atoms with E-state index in [9.17, 15) is 9.90 Å². The van der Waals surface area contributed by atoms with Gasteiger partial charge in [0, 0.05) is 35.7 Å². The van der Waals surface area contributed by atoms with Crippen LogP contribution >= 0.6 is 11.6 Å². The first kappa shape index (κ1) is 13.9. The Hall–Kier alpha value is -1.06. The van der Waals surface area contributed by atoms with Crippen molar-refractivity contribution in [1.29, 1.82) is 0 Å². The maximum Gasteiger partial charge on any atom is 0.255 e. The zero-order valence-electron chi connectivity index (χ0n) is 11.9. The van der Waals surface area contributed by atoms with Crippen LogP contribution in [0.2, 0.25) is 5.02 Å². The maximum atomic E-state index is 12.7. The molecule has 1 heterocycles. The number of aliphatic hydroxyl groups excluding tert-OH is 1. The van der Waals surface area contributed by atoms with Crippen molar-refractivity contribution >= 4 is 17.5 Å². The number of benzene rings is 1. The van der Waals surface area contributed by atoms with Crippen molar-refractivity contribution in [3.63, 3.8) is 0 Å². The van der Waals surface area contributed by atoms with E-state index < -0.39 is 0 Å².